The lowest BCUT2D eigenvalue weighted by molar-refractivity contribution is -0.116. The van der Waals surface area contributed by atoms with Gasteiger partial charge in [-0.1, -0.05) is 48.2 Å². The van der Waals surface area contributed by atoms with Crippen LogP contribution in [0.2, 0.25) is 0 Å². The quantitative estimate of drug-likeness (QED) is 0.824. The Kier molecular flexibility index (Phi) is 4.68. The zero-order chi connectivity index (χ0) is 18.8. The molecule has 0 spiro atoms. The third kappa shape index (κ3) is 3.21. The molecule has 0 aromatic heterocycles. The van der Waals surface area contributed by atoms with E-state index in [2.05, 4.69) is 17.0 Å². The molecule has 136 valence electrons. The summed E-state index contributed by atoms with van der Waals surface area (Å²) in [6, 6.07) is 15.3. The number of rotatable bonds is 4. The first kappa shape index (κ1) is 17.4. The van der Waals surface area contributed by atoms with E-state index >= 15 is 0 Å². The number of fused-ring (bicyclic) bond motifs is 2. The monoisotopic (exact) mass is 378 g/mol. The summed E-state index contributed by atoms with van der Waals surface area (Å²) in [5.74, 6) is 1.24. The molecule has 1 unspecified atom stereocenters. The number of amidine groups is 1. The Morgan fingerprint density at radius 2 is 2.04 bits per heavy atom. The molecule has 1 atom stereocenters. The largest absolute Gasteiger partial charge is 0.497 e. The Bertz CT molecular complexity index is 1050. The fourth-order valence-corrected chi connectivity index (χ4v) is 3.61. The number of ether oxygens (including phenoxy) is 1. The molecule has 1 amide bonds. The van der Waals surface area contributed by atoms with Crippen LogP contribution in [0, 0.1) is 0 Å². The van der Waals surface area contributed by atoms with E-state index < -0.39 is 6.17 Å². The highest BCUT2D eigenvalue weighted by atomic mass is 32.2. The van der Waals surface area contributed by atoms with Gasteiger partial charge in [0.1, 0.15) is 11.4 Å². The summed E-state index contributed by atoms with van der Waals surface area (Å²) in [6.07, 6.45) is 1.35. The molecule has 0 saturated heterocycles. The molecule has 0 radical (unpaired) electrons. The van der Waals surface area contributed by atoms with E-state index in [9.17, 15) is 4.79 Å². The molecule has 0 bridgehead atoms. The minimum Gasteiger partial charge on any atom is -0.497 e. The van der Waals surface area contributed by atoms with Crippen LogP contribution in [0.1, 0.15) is 11.7 Å². The summed E-state index contributed by atoms with van der Waals surface area (Å²) >= 11 is 1.42. The highest BCUT2D eigenvalue weighted by Crippen LogP contribution is 2.31. The predicted molar refractivity (Wildman–Crippen MR) is 106 cm³/mol. The number of hydrogen-bond acceptors (Lipinski definition) is 6. The summed E-state index contributed by atoms with van der Waals surface area (Å²) in [5.41, 5.74) is 1.43. The lowest BCUT2D eigenvalue weighted by Gasteiger charge is -2.34. The fourth-order valence-electron chi connectivity index (χ4n) is 3.02. The van der Waals surface area contributed by atoms with Crippen molar-refractivity contribution in [2.75, 3.05) is 12.9 Å². The third-order valence-corrected chi connectivity index (χ3v) is 5.13. The maximum atomic E-state index is 12.9. The van der Waals surface area contributed by atoms with Crippen molar-refractivity contribution in [1.29, 1.82) is 0 Å². The molecular weight excluding hydrogens is 360 g/mol. The van der Waals surface area contributed by atoms with Gasteiger partial charge in [0.05, 0.1) is 12.5 Å². The fraction of sp³-hybridized carbons (Fsp3) is 0.150. The lowest BCUT2D eigenvalue weighted by atomic mass is 10.1. The first-order chi connectivity index (χ1) is 13.2. The van der Waals surface area contributed by atoms with Gasteiger partial charge in [-0.25, -0.2) is 5.01 Å². The van der Waals surface area contributed by atoms with Crippen LogP contribution in [-0.4, -0.2) is 28.9 Å². The predicted octanol–water partition coefficient (Wildman–Crippen LogP) is 1.76. The standard InChI is InChI=1S/C20H18N4O2S/c1-3-12-27-20-22-19(25)17-15-6-4-5-7-16(15)21-18(24(17)23-20)13-8-10-14(26-2)11-9-13/h3-11,18H,1,12H2,2H3,(H,22,23,25). The van der Waals surface area contributed by atoms with Gasteiger partial charge in [0.2, 0.25) is 0 Å². The van der Waals surface area contributed by atoms with Crippen LogP contribution >= 0.6 is 11.8 Å². The number of nitrogens with one attached hydrogen (secondary N) is 1. The maximum absolute atomic E-state index is 12.9. The molecule has 2 aliphatic heterocycles. The first-order valence-electron chi connectivity index (χ1n) is 8.45. The maximum Gasteiger partial charge on any atom is 0.276 e. The van der Waals surface area contributed by atoms with Crippen LogP contribution in [0.5, 0.6) is 5.75 Å². The molecule has 7 heteroatoms. The van der Waals surface area contributed by atoms with Crippen LogP contribution in [0.4, 0.5) is 0 Å². The van der Waals surface area contributed by atoms with Gasteiger partial charge in [-0.05, 0) is 23.8 Å². The molecular formula is C20H18N4O2S. The summed E-state index contributed by atoms with van der Waals surface area (Å²) in [5, 5.41) is 11.3. The number of benzene rings is 2. The first-order valence-corrected chi connectivity index (χ1v) is 9.44. The normalized spacial score (nSPS) is 17.9. The molecule has 0 saturated carbocycles. The van der Waals surface area contributed by atoms with E-state index in [0.717, 1.165) is 21.9 Å². The minimum absolute atomic E-state index is 0.183. The van der Waals surface area contributed by atoms with E-state index in [1.54, 1.807) is 18.2 Å². The number of hydrazone groups is 1. The number of thioether (sulfide) groups is 1. The topological polar surface area (TPSA) is 66.3 Å². The number of methoxy groups -OCH3 is 1. The molecule has 0 fully saturated rings. The highest BCUT2D eigenvalue weighted by molar-refractivity contribution is 8.14. The van der Waals surface area contributed by atoms with Gasteiger partial charge in [-0.3, -0.25) is 15.1 Å². The van der Waals surface area contributed by atoms with Gasteiger partial charge >= 0.3 is 0 Å². The second-order valence-corrected chi connectivity index (χ2v) is 6.95. The SMILES string of the molecule is C=CCSC1=NN2C(=c3ccccc3=NC2c2ccc(OC)cc2)C(=O)N1. The number of hydrogen-bond donors (Lipinski definition) is 1. The number of carbonyl (C=O) groups excluding carboxylic acids is 1. The molecule has 2 heterocycles. The van der Waals surface area contributed by atoms with Crippen LogP contribution in [0.15, 0.2) is 71.3 Å². The molecule has 0 aliphatic carbocycles. The van der Waals surface area contributed by atoms with Crippen molar-refractivity contribution >= 4 is 28.5 Å². The van der Waals surface area contributed by atoms with Crippen molar-refractivity contribution in [3.05, 3.63) is 77.3 Å². The van der Waals surface area contributed by atoms with Crippen LogP contribution in [0.3, 0.4) is 0 Å². The average Bonchev–Trinajstić information content (AvgIpc) is 2.71. The van der Waals surface area contributed by atoms with E-state index in [0.29, 0.717) is 16.6 Å². The van der Waals surface area contributed by atoms with Gasteiger partial charge in [0, 0.05) is 11.0 Å². The van der Waals surface area contributed by atoms with E-state index in [-0.39, 0.29) is 5.91 Å². The highest BCUT2D eigenvalue weighted by Gasteiger charge is 2.34. The number of para-hydroxylation sites is 1. The van der Waals surface area contributed by atoms with Crippen molar-refractivity contribution in [2.45, 2.75) is 6.17 Å². The van der Waals surface area contributed by atoms with Gasteiger partial charge in [-0.2, -0.15) is 0 Å². The van der Waals surface area contributed by atoms with Crippen LogP contribution in [-0.2, 0) is 4.79 Å². The number of carbonyl (C=O) groups is 1. The van der Waals surface area contributed by atoms with Crippen molar-refractivity contribution in [3.8, 4) is 5.75 Å². The molecule has 2 aromatic carbocycles. The van der Waals surface area contributed by atoms with Gasteiger partial charge in [-0.15, -0.1) is 11.7 Å². The number of amides is 1. The summed E-state index contributed by atoms with van der Waals surface area (Å²) in [4.78, 5) is 17.7. The molecule has 2 aliphatic rings. The molecule has 27 heavy (non-hydrogen) atoms. The second kappa shape index (κ2) is 7.28. The smallest absolute Gasteiger partial charge is 0.276 e. The minimum atomic E-state index is -0.425. The summed E-state index contributed by atoms with van der Waals surface area (Å²) < 4.78 is 5.24. The van der Waals surface area contributed by atoms with E-state index in [1.165, 1.54) is 11.8 Å². The average molecular weight is 378 g/mol. The third-order valence-electron chi connectivity index (χ3n) is 4.27. The van der Waals surface area contributed by atoms with Crippen molar-refractivity contribution in [3.63, 3.8) is 0 Å². The Labute approximate surface area is 160 Å². The van der Waals surface area contributed by atoms with Crippen LogP contribution in [0.25, 0.3) is 5.70 Å². The Balaban J connectivity index is 1.87. The second-order valence-electron chi connectivity index (χ2n) is 5.95. The zero-order valence-electron chi connectivity index (χ0n) is 14.8. The Hall–Kier alpha value is -3.06. The number of nitrogens with zero attached hydrogens (tertiary/aromatic N) is 3. The lowest BCUT2D eigenvalue weighted by Crippen LogP contribution is -2.50. The Morgan fingerprint density at radius 1 is 1.26 bits per heavy atom. The molecule has 6 nitrogen and oxygen atoms in total. The van der Waals surface area contributed by atoms with E-state index in [1.807, 2.05) is 48.5 Å². The molecule has 1 N–H and O–H groups in total. The zero-order valence-corrected chi connectivity index (χ0v) is 15.6. The van der Waals surface area contributed by atoms with E-state index in [4.69, 9.17) is 9.73 Å². The van der Waals surface area contributed by atoms with Crippen molar-refractivity contribution in [2.24, 2.45) is 10.1 Å². The Morgan fingerprint density at radius 3 is 2.78 bits per heavy atom. The van der Waals surface area contributed by atoms with Gasteiger partial charge in [0.25, 0.3) is 5.91 Å². The summed E-state index contributed by atoms with van der Waals surface area (Å²) in [7, 11) is 1.63. The van der Waals surface area contributed by atoms with Gasteiger partial charge < -0.3 is 4.74 Å². The van der Waals surface area contributed by atoms with Crippen molar-refractivity contribution < 1.29 is 9.53 Å². The van der Waals surface area contributed by atoms with Crippen molar-refractivity contribution in [1.82, 2.24) is 10.3 Å². The summed E-state index contributed by atoms with van der Waals surface area (Å²) in [6.45, 7) is 3.72. The molecule has 2 aromatic rings. The van der Waals surface area contributed by atoms with Crippen LogP contribution < -0.4 is 20.6 Å². The molecule has 4 rings (SSSR count). The van der Waals surface area contributed by atoms with Gasteiger partial charge in [0.15, 0.2) is 11.3 Å².